The molecule has 1 fully saturated rings. The molecular formula is C25H26N4O4S3. The summed E-state index contributed by atoms with van der Waals surface area (Å²) in [6.07, 6.45) is 5.34. The van der Waals surface area contributed by atoms with Crippen molar-refractivity contribution >= 4 is 54.0 Å². The van der Waals surface area contributed by atoms with Gasteiger partial charge in [-0.25, -0.2) is 13.4 Å². The number of sulfonamides is 1. The molecule has 0 bridgehead atoms. The van der Waals surface area contributed by atoms with Crippen LogP contribution in [0.2, 0.25) is 0 Å². The van der Waals surface area contributed by atoms with Gasteiger partial charge >= 0.3 is 0 Å². The number of ether oxygens (including phenoxy) is 1. The second-order valence-electron chi connectivity index (χ2n) is 8.60. The third kappa shape index (κ3) is 4.63. The Morgan fingerprint density at radius 3 is 2.81 bits per heavy atom. The molecule has 1 aliphatic heterocycles. The molecule has 0 N–H and O–H groups in total. The summed E-state index contributed by atoms with van der Waals surface area (Å²) >= 11 is 2.57. The average Bonchev–Trinajstić information content (AvgIpc) is 3.60. The number of nitrogens with zero attached hydrogens (tertiary/aromatic N) is 4. The van der Waals surface area contributed by atoms with E-state index in [0.29, 0.717) is 35.8 Å². The highest BCUT2D eigenvalue weighted by atomic mass is 32.2. The third-order valence-corrected chi connectivity index (χ3v) is 10.8. The van der Waals surface area contributed by atoms with Crippen LogP contribution in [0.1, 0.15) is 30.4 Å². The minimum atomic E-state index is -3.79. The standard InChI is InChI=1S/C25H26N4O4S3/c1-17-10-11-20(33-2)22-23(17)35-25(27-22)28(16-18-7-5-12-26-15-18)24(30)19-8-3-4-13-29(19)36(31,32)21-9-6-14-34-21/h5-7,9-12,14-15,19H,3-4,8,13,16H2,1-2H3. The Kier molecular flexibility index (Phi) is 7.07. The zero-order valence-corrected chi connectivity index (χ0v) is 22.4. The number of aromatic nitrogens is 2. The van der Waals surface area contributed by atoms with Gasteiger partial charge in [0.2, 0.25) is 5.91 Å². The molecule has 8 nitrogen and oxygen atoms in total. The van der Waals surface area contributed by atoms with E-state index in [2.05, 4.69) is 4.98 Å². The van der Waals surface area contributed by atoms with Gasteiger partial charge in [-0.05, 0) is 54.5 Å². The van der Waals surface area contributed by atoms with Crippen molar-refractivity contribution in [3.63, 3.8) is 0 Å². The molecule has 188 valence electrons. The van der Waals surface area contributed by atoms with Crippen molar-refractivity contribution in [3.8, 4) is 5.75 Å². The summed E-state index contributed by atoms with van der Waals surface area (Å²) in [5, 5.41) is 2.24. The zero-order valence-electron chi connectivity index (χ0n) is 20.0. The number of carbonyl (C=O) groups excluding carboxylic acids is 1. The Morgan fingerprint density at radius 2 is 2.08 bits per heavy atom. The van der Waals surface area contributed by atoms with Gasteiger partial charge in [0.05, 0.1) is 18.4 Å². The molecule has 3 aromatic heterocycles. The lowest BCUT2D eigenvalue weighted by Gasteiger charge is -2.35. The van der Waals surface area contributed by atoms with Crippen LogP contribution in [0.15, 0.2) is 58.4 Å². The van der Waals surface area contributed by atoms with Crippen LogP contribution in [0.4, 0.5) is 5.13 Å². The van der Waals surface area contributed by atoms with Gasteiger partial charge in [-0.15, -0.1) is 11.3 Å². The normalized spacial score (nSPS) is 16.8. The number of hydrogen-bond acceptors (Lipinski definition) is 8. The minimum Gasteiger partial charge on any atom is -0.494 e. The molecule has 1 atom stereocenters. The monoisotopic (exact) mass is 542 g/mol. The van der Waals surface area contributed by atoms with Crippen LogP contribution < -0.4 is 9.64 Å². The number of carbonyl (C=O) groups is 1. The number of pyridine rings is 1. The number of rotatable bonds is 7. The van der Waals surface area contributed by atoms with Crippen molar-refractivity contribution in [1.82, 2.24) is 14.3 Å². The van der Waals surface area contributed by atoms with Gasteiger partial charge in [-0.2, -0.15) is 4.31 Å². The Hall–Kier alpha value is -2.86. The first-order valence-corrected chi connectivity index (χ1v) is 14.7. The molecule has 1 aromatic carbocycles. The maximum absolute atomic E-state index is 14.2. The van der Waals surface area contributed by atoms with Crippen LogP contribution >= 0.6 is 22.7 Å². The van der Waals surface area contributed by atoms with Gasteiger partial charge in [0.15, 0.2) is 5.13 Å². The van der Waals surface area contributed by atoms with E-state index in [-0.39, 0.29) is 16.7 Å². The molecule has 0 aliphatic carbocycles. The molecule has 36 heavy (non-hydrogen) atoms. The van der Waals surface area contributed by atoms with Crippen LogP contribution in [-0.2, 0) is 21.4 Å². The van der Waals surface area contributed by atoms with Crippen molar-refractivity contribution in [1.29, 1.82) is 0 Å². The fraction of sp³-hybridized carbons (Fsp3) is 0.320. The molecule has 4 aromatic rings. The van der Waals surface area contributed by atoms with Crippen molar-refractivity contribution in [3.05, 3.63) is 65.3 Å². The number of aryl methyl sites for hydroxylation is 1. The first-order chi connectivity index (χ1) is 17.4. The number of fused-ring (bicyclic) bond motifs is 1. The van der Waals surface area contributed by atoms with Gasteiger partial charge < -0.3 is 4.74 Å². The molecule has 0 spiro atoms. The molecule has 1 aliphatic rings. The first kappa shape index (κ1) is 24.8. The lowest BCUT2D eigenvalue weighted by Crippen LogP contribution is -2.52. The molecule has 1 unspecified atom stereocenters. The molecule has 11 heteroatoms. The van der Waals surface area contributed by atoms with Gasteiger partial charge in [-0.1, -0.05) is 36.0 Å². The number of hydrogen-bond donors (Lipinski definition) is 0. The Labute approximate surface area is 218 Å². The molecule has 0 saturated carbocycles. The summed E-state index contributed by atoms with van der Waals surface area (Å²) in [4.78, 5) is 24.8. The van der Waals surface area contributed by atoms with E-state index >= 15 is 0 Å². The van der Waals surface area contributed by atoms with Crippen molar-refractivity contribution in [2.75, 3.05) is 18.6 Å². The van der Waals surface area contributed by atoms with E-state index in [1.807, 2.05) is 31.2 Å². The smallest absolute Gasteiger partial charge is 0.253 e. The highest BCUT2D eigenvalue weighted by Crippen LogP contribution is 2.38. The Morgan fingerprint density at radius 1 is 1.22 bits per heavy atom. The summed E-state index contributed by atoms with van der Waals surface area (Å²) in [6.45, 7) is 2.54. The van der Waals surface area contributed by atoms with E-state index in [0.717, 1.165) is 22.2 Å². The van der Waals surface area contributed by atoms with E-state index in [1.54, 1.807) is 41.9 Å². The molecule has 5 rings (SSSR count). The summed E-state index contributed by atoms with van der Waals surface area (Å²) in [5.74, 6) is 0.348. The third-order valence-electron chi connectivity index (χ3n) is 6.27. The lowest BCUT2D eigenvalue weighted by atomic mass is 10.0. The summed E-state index contributed by atoms with van der Waals surface area (Å²) in [7, 11) is -2.19. The van der Waals surface area contributed by atoms with Gasteiger partial charge in [-0.3, -0.25) is 14.7 Å². The number of amides is 1. The number of piperidine rings is 1. The Balaban J connectivity index is 1.58. The second kappa shape index (κ2) is 10.3. The largest absolute Gasteiger partial charge is 0.494 e. The first-order valence-electron chi connectivity index (χ1n) is 11.6. The quantitative estimate of drug-likeness (QED) is 0.332. The lowest BCUT2D eigenvalue weighted by molar-refractivity contribution is -0.123. The number of thiophene rings is 1. The van der Waals surface area contributed by atoms with Crippen LogP contribution in [0.25, 0.3) is 10.2 Å². The van der Waals surface area contributed by atoms with Crippen molar-refractivity contribution in [2.24, 2.45) is 0 Å². The summed E-state index contributed by atoms with van der Waals surface area (Å²) in [5.41, 5.74) is 2.55. The van der Waals surface area contributed by atoms with Gasteiger partial charge in [0.25, 0.3) is 10.0 Å². The van der Waals surface area contributed by atoms with Crippen LogP contribution in [0, 0.1) is 6.92 Å². The predicted octanol–water partition coefficient (Wildman–Crippen LogP) is 4.85. The molecule has 1 amide bonds. The maximum atomic E-state index is 14.2. The van der Waals surface area contributed by atoms with Crippen molar-refractivity contribution < 1.29 is 17.9 Å². The fourth-order valence-electron chi connectivity index (χ4n) is 4.44. The zero-order chi connectivity index (χ0) is 25.3. The van der Waals surface area contributed by atoms with Crippen LogP contribution in [-0.4, -0.2) is 48.3 Å². The highest BCUT2D eigenvalue weighted by molar-refractivity contribution is 7.91. The number of methoxy groups -OCH3 is 1. The highest BCUT2D eigenvalue weighted by Gasteiger charge is 2.41. The summed E-state index contributed by atoms with van der Waals surface area (Å²) < 4.78 is 35.0. The van der Waals surface area contributed by atoms with Crippen molar-refractivity contribution in [2.45, 2.75) is 43.0 Å². The summed E-state index contributed by atoms with van der Waals surface area (Å²) in [6, 6.07) is 10.0. The average molecular weight is 543 g/mol. The van der Waals surface area contributed by atoms with E-state index < -0.39 is 16.1 Å². The van der Waals surface area contributed by atoms with Crippen LogP contribution in [0.5, 0.6) is 5.75 Å². The number of anilines is 1. The molecule has 1 saturated heterocycles. The Bertz CT molecular complexity index is 1470. The molecule has 0 radical (unpaired) electrons. The predicted molar refractivity (Wildman–Crippen MR) is 142 cm³/mol. The van der Waals surface area contributed by atoms with Gasteiger partial charge in [0.1, 0.15) is 21.5 Å². The molecular weight excluding hydrogens is 517 g/mol. The fourth-order valence-corrected chi connectivity index (χ4v) is 8.26. The topological polar surface area (TPSA) is 92.7 Å². The SMILES string of the molecule is COc1ccc(C)c2sc(N(Cc3cccnc3)C(=O)C3CCCCN3S(=O)(=O)c3cccs3)nc12. The van der Waals surface area contributed by atoms with E-state index in [1.165, 1.54) is 27.0 Å². The molecule has 4 heterocycles. The number of benzene rings is 1. The number of thiazole rings is 1. The van der Waals surface area contributed by atoms with Crippen LogP contribution in [0.3, 0.4) is 0 Å². The minimum absolute atomic E-state index is 0.233. The van der Waals surface area contributed by atoms with E-state index in [9.17, 15) is 13.2 Å². The maximum Gasteiger partial charge on any atom is 0.253 e. The van der Waals surface area contributed by atoms with E-state index in [4.69, 9.17) is 9.72 Å². The van der Waals surface area contributed by atoms with Gasteiger partial charge in [0, 0.05) is 18.9 Å². The second-order valence-corrected chi connectivity index (χ2v) is 12.6.